The van der Waals surface area contributed by atoms with Crippen molar-refractivity contribution in [3.8, 4) is 0 Å². The molecular weight excluding hydrogens is 180 g/mol. The van der Waals surface area contributed by atoms with E-state index in [9.17, 15) is 4.79 Å². The van der Waals surface area contributed by atoms with Crippen LogP contribution in [0.5, 0.6) is 0 Å². The van der Waals surface area contributed by atoms with E-state index in [2.05, 4.69) is 10.4 Å². The minimum atomic E-state index is -0.148. The van der Waals surface area contributed by atoms with Gasteiger partial charge in [-0.15, -0.1) is 0 Å². The van der Waals surface area contributed by atoms with Crippen molar-refractivity contribution in [2.75, 3.05) is 7.05 Å². The summed E-state index contributed by atoms with van der Waals surface area (Å²) in [5, 5.41) is 1.31. The van der Waals surface area contributed by atoms with Crippen molar-refractivity contribution in [3.05, 3.63) is 29.8 Å². The van der Waals surface area contributed by atoms with Crippen LogP contribution in [-0.2, 0) is 0 Å². The maximum atomic E-state index is 11.7. The van der Waals surface area contributed by atoms with Crippen molar-refractivity contribution in [1.29, 1.82) is 0 Å². The van der Waals surface area contributed by atoms with E-state index < -0.39 is 0 Å². The smallest absolute Gasteiger partial charge is 0.274 e. The van der Waals surface area contributed by atoms with Crippen molar-refractivity contribution >= 4 is 17.6 Å². The zero-order chi connectivity index (χ0) is 10.1. The lowest BCUT2D eigenvalue weighted by atomic mass is 10.1. The van der Waals surface area contributed by atoms with Crippen LogP contribution in [0.25, 0.3) is 0 Å². The third-order valence-corrected chi connectivity index (χ3v) is 1.96. The van der Waals surface area contributed by atoms with Crippen LogP contribution >= 0.6 is 0 Å². The summed E-state index contributed by atoms with van der Waals surface area (Å²) in [6.45, 7) is 0. The normalized spacial score (nSPS) is 15.4. The molecule has 0 bridgehead atoms. The molecule has 1 aromatic rings. The molecule has 0 spiro atoms. The molecule has 1 amide bonds. The SMILES string of the molecule is CN1NC(N)=Nc2ccccc2C1=O. The highest BCUT2D eigenvalue weighted by atomic mass is 16.2. The number of para-hydroxylation sites is 1. The topological polar surface area (TPSA) is 70.7 Å². The Hall–Kier alpha value is -2.04. The average molecular weight is 190 g/mol. The van der Waals surface area contributed by atoms with Crippen LogP contribution in [-0.4, -0.2) is 23.9 Å². The lowest BCUT2D eigenvalue weighted by Crippen LogP contribution is -2.45. The number of fused-ring (bicyclic) bond motifs is 1. The van der Waals surface area contributed by atoms with Gasteiger partial charge in [0.05, 0.1) is 11.3 Å². The first kappa shape index (κ1) is 8.55. The Bertz CT molecular complexity index is 413. The number of aliphatic imine (C=N–C) groups is 1. The fourth-order valence-corrected chi connectivity index (χ4v) is 1.31. The van der Waals surface area contributed by atoms with Crippen LogP contribution in [0.3, 0.4) is 0 Å². The molecule has 2 rings (SSSR count). The van der Waals surface area contributed by atoms with Gasteiger partial charge in [-0.05, 0) is 12.1 Å². The molecule has 0 saturated carbocycles. The Morgan fingerprint density at radius 3 is 2.93 bits per heavy atom. The highest BCUT2D eigenvalue weighted by Crippen LogP contribution is 2.20. The van der Waals surface area contributed by atoms with Gasteiger partial charge in [-0.25, -0.2) is 4.99 Å². The van der Waals surface area contributed by atoms with Gasteiger partial charge in [0.25, 0.3) is 5.91 Å². The first-order valence-corrected chi connectivity index (χ1v) is 4.16. The maximum Gasteiger partial charge on any atom is 0.274 e. The summed E-state index contributed by atoms with van der Waals surface area (Å²) in [6, 6.07) is 7.08. The van der Waals surface area contributed by atoms with Crippen LogP contribution in [0.1, 0.15) is 10.4 Å². The summed E-state index contributed by atoms with van der Waals surface area (Å²) in [6.07, 6.45) is 0. The average Bonchev–Trinajstić information content (AvgIpc) is 2.26. The van der Waals surface area contributed by atoms with Gasteiger partial charge in [-0.3, -0.25) is 15.2 Å². The number of benzene rings is 1. The van der Waals surface area contributed by atoms with Gasteiger partial charge in [0.15, 0.2) is 0 Å². The van der Waals surface area contributed by atoms with Crippen molar-refractivity contribution in [1.82, 2.24) is 10.4 Å². The summed E-state index contributed by atoms with van der Waals surface area (Å²) in [5.41, 5.74) is 9.33. The highest BCUT2D eigenvalue weighted by Gasteiger charge is 2.18. The molecule has 72 valence electrons. The minimum absolute atomic E-state index is 0.148. The Kier molecular flexibility index (Phi) is 1.85. The van der Waals surface area contributed by atoms with Crippen molar-refractivity contribution in [2.45, 2.75) is 0 Å². The van der Waals surface area contributed by atoms with E-state index in [0.29, 0.717) is 11.3 Å². The molecule has 14 heavy (non-hydrogen) atoms. The molecule has 0 radical (unpaired) electrons. The second-order valence-corrected chi connectivity index (χ2v) is 2.99. The van der Waals surface area contributed by atoms with E-state index in [-0.39, 0.29) is 11.9 Å². The first-order chi connectivity index (χ1) is 6.68. The molecule has 0 atom stereocenters. The van der Waals surface area contributed by atoms with Gasteiger partial charge in [0, 0.05) is 7.05 Å². The van der Waals surface area contributed by atoms with E-state index in [1.165, 1.54) is 5.01 Å². The predicted octanol–water partition coefficient (Wildman–Crippen LogP) is 0.223. The number of amides is 1. The molecule has 0 fully saturated rings. The zero-order valence-electron chi connectivity index (χ0n) is 7.69. The van der Waals surface area contributed by atoms with Gasteiger partial charge < -0.3 is 5.73 Å². The summed E-state index contributed by atoms with van der Waals surface area (Å²) < 4.78 is 0. The Balaban J connectivity index is 2.58. The van der Waals surface area contributed by atoms with Crippen LogP contribution in [0.15, 0.2) is 29.3 Å². The number of hydrogen-bond donors (Lipinski definition) is 2. The largest absolute Gasteiger partial charge is 0.368 e. The quantitative estimate of drug-likeness (QED) is 0.615. The number of nitrogens with one attached hydrogen (secondary N) is 1. The molecular formula is C9H10N4O. The fourth-order valence-electron chi connectivity index (χ4n) is 1.31. The molecule has 1 aliphatic heterocycles. The molecule has 1 aromatic carbocycles. The molecule has 5 nitrogen and oxygen atoms in total. The molecule has 0 unspecified atom stereocenters. The lowest BCUT2D eigenvalue weighted by Gasteiger charge is -2.15. The number of rotatable bonds is 0. The van der Waals surface area contributed by atoms with E-state index >= 15 is 0 Å². The maximum absolute atomic E-state index is 11.7. The first-order valence-electron chi connectivity index (χ1n) is 4.16. The number of hydrogen-bond acceptors (Lipinski definition) is 4. The molecule has 0 aliphatic carbocycles. The van der Waals surface area contributed by atoms with Crippen molar-refractivity contribution in [3.63, 3.8) is 0 Å². The van der Waals surface area contributed by atoms with Crippen LogP contribution in [0.2, 0.25) is 0 Å². The fraction of sp³-hybridized carbons (Fsp3) is 0.111. The summed E-state index contributed by atoms with van der Waals surface area (Å²) in [7, 11) is 1.60. The number of carbonyl (C=O) groups is 1. The van der Waals surface area contributed by atoms with Crippen LogP contribution in [0.4, 0.5) is 5.69 Å². The zero-order valence-corrected chi connectivity index (χ0v) is 7.69. The number of carbonyl (C=O) groups excluding carboxylic acids is 1. The summed E-state index contributed by atoms with van der Waals surface area (Å²) >= 11 is 0. The molecule has 3 N–H and O–H groups in total. The third-order valence-electron chi connectivity index (χ3n) is 1.96. The Morgan fingerprint density at radius 2 is 2.14 bits per heavy atom. The minimum Gasteiger partial charge on any atom is -0.368 e. The molecule has 0 aromatic heterocycles. The van der Waals surface area contributed by atoms with E-state index in [4.69, 9.17) is 5.73 Å². The van der Waals surface area contributed by atoms with E-state index in [1.54, 1.807) is 25.2 Å². The number of nitrogens with two attached hydrogens (primary N) is 1. The molecule has 5 heteroatoms. The molecule has 1 heterocycles. The number of hydrazine groups is 1. The second kappa shape index (κ2) is 3.02. The van der Waals surface area contributed by atoms with Crippen LogP contribution < -0.4 is 11.2 Å². The number of nitrogens with zero attached hydrogens (tertiary/aromatic N) is 2. The van der Waals surface area contributed by atoms with Gasteiger partial charge in [-0.2, -0.15) is 0 Å². The molecule has 1 aliphatic rings. The van der Waals surface area contributed by atoms with Crippen molar-refractivity contribution in [2.24, 2.45) is 10.7 Å². The Morgan fingerprint density at radius 1 is 1.43 bits per heavy atom. The highest BCUT2D eigenvalue weighted by molar-refractivity contribution is 6.02. The standard InChI is InChI=1S/C9H10N4O/c1-13-8(14)6-4-2-3-5-7(6)11-9(10)12-13/h2-5H,1H3,(H3,10,11,12). The summed E-state index contributed by atoms with van der Waals surface area (Å²) in [5.74, 6) is 0.0654. The lowest BCUT2D eigenvalue weighted by molar-refractivity contribution is 0.0761. The van der Waals surface area contributed by atoms with Gasteiger partial charge in [0.1, 0.15) is 0 Å². The van der Waals surface area contributed by atoms with Gasteiger partial charge >= 0.3 is 0 Å². The third kappa shape index (κ3) is 1.28. The monoisotopic (exact) mass is 190 g/mol. The summed E-state index contributed by atoms with van der Waals surface area (Å²) in [4.78, 5) is 15.8. The van der Waals surface area contributed by atoms with Gasteiger partial charge in [0.2, 0.25) is 5.96 Å². The molecule has 0 saturated heterocycles. The van der Waals surface area contributed by atoms with E-state index in [1.807, 2.05) is 6.07 Å². The van der Waals surface area contributed by atoms with Gasteiger partial charge in [-0.1, -0.05) is 12.1 Å². The predicted molar refractivity (Wildman–Crippen MR) is 53.0 cm³/mol. The number of guanidine groups is 1. The second-order valence-electron chi connectivity index (χ2n) is 2.99. The van der Waals surface area contributed by atoms with Crippen LogP contribution in [0, 0.1) is 0 Å². The van der Waals surface area contributed by atoms with E-state index in [0.717, 1.165) is 0 Å². The Labute approximate surface area is 81.2 Å². The van der Waals surface area contributed by atoms with Crippen molar-refractivity contribution < 1.29 is 4.79 Å².